The Morgan fingerprint density at radius 3 is 2.23 bits per heavy atom. The van der Waals surface area contributed by atoms with Crippen LogP contribution in [0.2, 0.25) is 0 Å². The molecule has 5 rings (SSSR count). The summed E-state index contributed by atoms with van der Waals surface area (Å²) < 4.78 is 2.03. The Bertz CT molecular complexity index is 1190. The van der Waals surface area contributed by atoms with Crippen molar-refractivity contribution in [1.29, 1.82) is 0 Å². The van der Waals surface area contributed by atoms with Gasteiger partial charge in [-0.25, -0.2) is 4.98 Å². The maximum atomic E-state index is 4.96. The van der Waals surface area contributed by atoms with E-state index in [1.165, 1.54) is 11.3 Å². The molecule has 0 bridgehead atoms. The van der Waals surface area contributed by atoms with Gasteiger partial charge in [0.25, 0.3) is 0 Å². The summed E-state index contributed by atoms with van der Waals surface area (Å²) in [5.41, 5.74) is 6.66. The Labute approximate surface area is 183 Å². The molecule has 31 heavy (non-hydrogen) atoms. The summed E-state index contributed by atoms with van der Waals surface area (Å²) in [6.07, 6.45) is 4.68. The highest BCUT2D eigenvalue weighted by molar-refractivity contribution is 5.79. The fourth-order valence-corrected chi connectivity index (χ4v) is 4.47. The molecule has 1 fully saturated rings. The van der Waals surface area contributed by atoms with Gasteiger partial charge < -0.3 is 9.80 Å². The smallest absolute Gasteiger partial charge is 0.165 e. The van der Waals surface area contributed by atoms with Gasteiger partial charge in [-0.1, -0.05) is 54.6 Å². The van der Waals surface area contributed by atoms with Crippen LogP contribution in [0.3, 0.4) is 0 Å². The van der Waals surface area contributed by atoms with Crippen LogP contribution in [-0.4, -0.2) is 40.8 Å². The second-order valence-electron chi connectivity index (χ2n) is 7.96. The first-order valence-corrected chi connectivity index (χ1v) is 10.8. The highest BCUT2D eigenvalue weighted by Crippen LogP contribution is 2.31. The van der Waals surface area contributed by atoms with E-state index in [0.717, 1.165) is 60.9 Å². The highest BCUT2D eigenvalue weighted by atomic mass is 15.4. The molecule has 0 amide bonds. The first-order valence-electron chi connectivity index (χ1n) is 10.8. The van der Waals surface area contributed by atoms with Gasteiger partial charge in [-0.3, -0.25) is 0 Å². The number of rotatable bonds is 5. The van der Waals surface area contributed by atoms with Crippen LogP contribution in [0, 0.1) is 6.92 Å². The number of fused-ring (bicyclic) bond motifs is 1. The van der Waals surface area contributed by atoms with Crippen LogP contribution < -0.4 is 9.80 Å². The Morgan fingerprint density at radius 1 is 0.903 bits per heavy atom. The van der Waals surface area contributed by atoms with E-state index in [1.54, 1.807) is 0 Å². The average Bonchev–Trinajstić information content (AvgIpc) is 3.24. The Hall–Kier alpha value is -3.60. The first kappa shape index (κ1) is 19.4. The quantitative estimate of drug-likeness (QED) is 0.445. The van der Waals surface area contributed by atoms with Crippen molar-refractivity contribution in [2.75, 3.05) is 36.0 Å². The van der Waals surface area contributed by atoms with Gasteiger partial charge >= 0.3 is 0 Å². The number of hydrogen-bond donors (Lipinski definition) is 0. The molecule has 156 valence electrons. The minimum Gasteiger partial charge on any atom is -0.368 e. The number of para-hydroxylation sites is 1. The maximum absolute atomic E-state index is 4.96. The standard InChI is InChI=1S/C26H27N5/c1-3-10-23-20(2)28-25-24(21-11-6-4-7-12-21)19-27-31(25)26(23)30-17-15-29(16-18-30)22-13-8-5-9-14-22/h3-9,11-14,19H,1,10,15-18H2,2H3. The van der Waals surface area contributed by atoms with Crippen molar-refractivity contribution in [3.63, 3.8) is 0 Å². The van der Waals surface area contributed by atoms with Crippen LogP contribution in [-0.2, 0) is 6.42 Å². The van der Waals surface area contributed by atoms with Gasteiger partial charge in [-0.05, 0) is 31.0 Å². The van der Waals surface area contributed by atoms with Crippen LogP contribution in [0.25, 0.3) is 16.8 Å². The van der Waals surface area contributed by atoms with Crippen LogP contribution in [0.5, 0.6) is 0 Å². The topological polar surface area (TPSA) is 36.7 Å². The lowest BCUT2D eigenvalue weighted by atomic mass is 10.1. The predicted octanol–water partition coefficient (Wildman–Crippen LogP) is 4.76. The molecule has 4 aromatic rings. The van der Waals surface area contributed by atoms with Crippen LogP contribution >= 0.6 is 0 Å². The summed E-state index contributed by atoms with van der Waals surface area (Å²) >= 11 is 0. The van der Waals surface area contributed by atoms with Crippen LogP contribution in [0.1, 0.15) is 11.3 Å². The maximum Gasteiger partial charge on any atom is 0.165 e. The third-order valence-electron chi connectivity index (χ3n) is 6.06. The van der Waals surface area contributed by atoms with Gasteiger partial charge in [-0.15, -0.1) is 6.58 Å². The zero-order valence-corrected chi connectivity index (χ0v) is 17.9. The van der Waals surface area contributed by atoms with Crippen LogP contribution in [0.15, 0.2) is 79.5 Å². The molecule has 1 saturated heterocycles. The lowest BCUT2D eigenvalue weighted by Crippen LogP contribution is -2.47. The zero-order valence-electron chi connectivity index (χ0n) is 17.9. The van der Waals surface area contributed by atoms with Crippen molar-refractivity contribution in [3.05, 3.63) is 90.8 Å². The predicted molar refractivity (Wildman–Crippen MR) is 128 cm³/mol. The number of aromatic nitrogens is 3. The molecule has 5 heteroatoms. The third kappa shape index (κ3) is 3.56. The van der Waals surface area contributed by atoms with E-state index in [0.29, 0.717) is 0 Å². The van der Waals surface area contributed by atoms with E-state index in [2.05, 4.69) is 77.9 Å². The largest absolute Gasteiger partial charge is 0.368 e. The number of benzene rings is 2. The van der Waals surface area contributed by atoms with Crippen molar-refractivity contribution in [2.45, 2.75) is 13.3 Å². The molecule has 1 aliphatic heterocycles. The SMILES string of the molecule is C=CCc1c(C)nc2c(-c3ccccc3)cnn2c1N1CCN(c2ccccc2)CC1. The number of anilines is 2. The molecule has 0 spiro atoms. The Morgan fingerprint density at radius 2 is 1.55 bits per heavy atom. The normalized spacial score (nSPS) is 14.2. The van der Waals surface area contributed by atoms with E-state index in [-0.39, 0.29) is 0 Å². The van der Waals surface area contributed by atoms with Gasteiger partial charge in [0, 0.05) is 48.7 Å². The van der Waals surface area contributed by atoms with E-state index in [9.17, 15) is 0 Å². The lowest BCUT2D eigenvalue weighted by molar-refractivity contribution is 0.635. The fourth-order valence-electron chi connectivity index (χ4n) is 4.47. The van der Waals surface area contributed by atoms with Crippen molar-refractivity contribution in [3.8, 4) is 11.1 Å². The molecule has 0 atom stereocenters. The number of aryl methyl sites for hydroxylation is 1. The molecule has 2 aromatic heterocycles. The van der Waals surface area contributed by atoms with E-state index >= 15 is 0 Å². The average molecular weight is 410 g/mol. The summed E-state index contributed by atoms with van der Waals surface area (Å²) in [5.74, 6) is 1.15. The number of piperazine rings is 1. The molecule has 3 heterocycles. The van der Waals surface area contributed by atoms with E-state index < -0.39 is 0 Å². The Balaban J connectivity index is 1.55. The molecule has 2 aromatic carbocycles. The lowest BCUT2D eigenvalue weighted by Gasteiger charge is -2.38. The zero-order chi connectivity index (χ0) is 21.2. The molecule has 0 unspecified atom stereocenters. The summed E-state index contributed by atoms with van der Waals surface area (Å²) in [6, 6.07) is 21.0. The van der Waals surface area contributed by atoms with Crippen molar-refractivity contribution in [1.82, 2.24) is 14.6 Å². The van der Waals surface area contributed by atoms with Gasteiger partial charge in [0.05, 0.1) is 6.20 Å². The van der Waals surface area contributed by atoms with E-state index in [4.69, 9.17) is 10.1 Å². The second kappa shape index (κ2) is 8.26. The van der Waals surface area contributed by atoms with E-state index in [1.807, 2.05) is 22.9 Å². The van der Waals surface area contributed by atoms with Gasteiger partial charge in [0.15, 0.2) is 5.65 Å². The molecular weight excluding hydrogens is 382 g/mol. The molecule has 0 aliphatic carbocycles. The molecule has 0 radical (unpaired) electrons. The second-order valence-corrected chi connectivity index (χ2v) is 7.96. The van der Waals surface area contributed by atoms with Gasteiger partial charge in [-0.2, -0.15) is 9.61 Å². The summed E-state index contributed by atoms with van der Waals surface area (Å²) in [6.45, 7) is 9.93. The monoisotopic (exact) mass is 409 g/mol. The molecule has 0 N–H and O–H groups in total. The summed E-state index contributed by atoms with van der Waals surface area (Å²) in [4.78, 5) is 9.88. The molecule has 5 nitrogen and oxygen atoms in total. The Kier molecular flexibility index (Phi) is 5.16. The minimum atomic E-state index is 0.781. The highest BCUT2D eigenvalue weighted by Gasteiger charge is 2.24. The van der Waals surface area contributed by atoms with Gasteiger partial charge in [0.1, 0.15) is 5.82 Å². The van der Waals surface area contributed by atoms with Crippen molar-refractivity contribution < 1.29 is 0 Å². The van der Waals surface area contributed by atoms with Gasteiger partial charge in [0.2, 0.25) is 0 Å². The number of nitrogens with zero attached hydrogens (tertiary/aromatic N) is 5. The van der Waals surface area contributed by atoms with Crippen LogP contribution in [0.4, 0.5) is 11.5 Å². The molecule has 0 saturated carbocycles. The summed E-state index contributed by atoms with van der Waals surface area (Å²) in [7, 11) is 0. The van der Waals surface area contributed by atoms with Crippen molar-refractivity contribution in [2.24, 2.45) is 0 Å². The molecule has 1 aliphatic rings. The minimum absolute atomic E-state index is 0.781. The molecular formula is C26H27N5. The first-order chi connectivity index (χ1) is 15.3. The van der Waals surface area contributed by atoms with Crippen molar-refractivity contribution >= 4 is 17.2 Å². The number of hydrogen-bond acceptors (Lipinski definition) is 4. The fraction of sp³-hybridized carbons (Fsp3) is 0.231. The third-order valence-corrected chi connectivity index (χ3v) is 6.06. The number of allylic oxidation sites excluding steroid dienone is 1. The summed E-state index contributed by atoms with van der Waals surface area (Å²) in [5, 5.41) is 4.80.